The molecule has 5 rings (SSSR count). The van der Waals surface area contributed by atoms with Crippen LogP contribution >= 0.6 is 0 Å². The Morgan fingerprint density at radius 3 is 2.00 bits per heavy atom. The molecule has 11 atom stereocenters. The number of phenolic OH excluding ortho intramolecular Hbond substituents is 2. The number of fused-ring (bicyclic) bond motifs is 1. The summed E-state index contributed by atoms with van der Waals surface area (Å²) >= 11 is 0. The van der Waals surface area contributed by atoms with Crippen molar-refractivity contribution in [3.63, 3.8) is 0 Å². The highest BCUT2D eigenvalue weighted by atomic mass is 16.7. The Morgan fingerprint density at radius 2 is 1.40 bits per heavy atom. The van der Waals surface area contributed by atoms with Crippen molar-refractivity contribution in [1.29, 1.82) is 0 Å². The number of phenols is 2. The number of aliphatic carboxylic acids is 1. The monoisotopic (exact) mass is 754 g/mol. The summed E-state index contributed by atoms with van der Waals surface area (Å²) in [6.45, 7) is -0.451. The highest BCUT2D eigenvalue weighted by molar-refractivity contribution is 5.88. The summed E-state index contributed by atoms with van der Waals surface area (Å²) in [5.41, 5.74) is -3.33. The molecule has 0 radical (unpaired) electrons. The molecule has 3 heterocycles. The Kier molecular flexibility index (Phi) is 11.8. The minimum atomic E-state index is -2.04. The number of aliphatic hydroxyl groups is 8. The van der Waals surface area contributed by atoms with Crippen molar-refractivity contribution in [1.82, 2.24) is 0 Å². The summed E-state index contributed by atoms with van der Waals surface area (Å²) < 4.78 is 33.2. The van der Waals surface area contributed by atoms with Crippen molar-refractivity contribution in [2.24, 2.45) is 0 Å². The molecule has 2 aliphatic heterocycles. The van der Waals surface area contributed by atoms with Crippen LogP contribution in [0, 0.1) is 0 Å². The Hall–Kier alpha value is -4.61. The fourth-order valence-electron chi connectivity index (χ4n) is 5.73. The van der Waals surface area contributed by atoms with E-state index in [9.17, 15) is 65.4 Å². The lowest BCUT2D eigenvalue weighted by atomic mass is 9.98. The zero-order chi connectivity index (χ0) is 38.9. The summed E-state index contributed by atoms with van der Waals surface area (Å²) in [6, 6.07) is 7.07. The van der Waals surface area contributed by atoms with Crippen LogP contribution in [0.4, 0.5) is 0 Å². The number of benzene rings is 2. The standard InChI is InChI=1S/C33H38O20/c1-33(47,8-19(37)38)9-20(39)48-11-18-23(41)26(44)28(46)32(52-18)53-30-24(42)21-15(36)6-14(49-31-27(45)25(43)22(40)17(10-34)51-31)7-16(21)50-29(30)12-2-4-13(35)5-3-12/h2-7,17-18,22-23,25-28,31-32,34-36,40-41,43-47H,8-11H2,1H3,(H,37,38)/t17?,18?,22-,23-,25+,26?,27?,28?,31-,32+,33?/m1/s1. The van der Waals surface area contributed by atoms with Gasteiger partial charge >= 0.3 is 11.9 Å². The third-order valence-corrected chi connectivity index (χ3v) is 8.50. The molecule has 290 valence electrons. The lowest BCUT2D eigenvalue weighted by Crippen LogP contribution is -2.60. The number of hydrogen-bond acceptors (Lipinski definition) is 19. The van der Waals surface area contributed by atoms with Gasteiger partial charge in [-0.1, -0.05) is 0 Å². The zero-order valence-electron chi connectivity index (χ0n) is 27.7. The molecule has 20 nitrogen and oxygen atoms in total. The quantitative estimate of drug-likeness (QED) is 0.0844. The van der Waals surface area contributed by atoms with Gasteiger partial charge in [0.15, 0.2) is 5.76 Å². The number of ether oxygens (including phenoxy) is 5. The highest BCUT2D eigenvalue weighted by Gasteiger charge is 2.47. The van der Waals surface area contributed by atoms with E-state index in [0.29, 0.717) is 0 Å². The van der Waals surface area contributed by atoms with Gasteiger partial charge in [-0.3, -0.25) is 14.4 Å². The van der Waals surface area contributed by atoms with E-state index in [1.807, 2.05) is 0 Å². The molecule has 6 unspecified atom stereocenters. The summed E-state index contributed by atoms with van der Waals surface area (Å²) in [5.74, 6) is -4.82. The number of aromatic hydroxyl groups is 2. The molecular weight excluding hydrogens is 716 g/mol. The van der Waals surface area contributed by atoms with Crippen LogP contribution in [0.1, 0.15) is 19.8 Å². The van der Waals surface area contributed by atoms with Crippen LogP contribution < -0.4 is 14.9 Å². The van der Waals surface area contributed by atoms with Crippen LogP contribution in [0.25, 0.3) is 22.3 Å². The molecule has 0 spiro atoms. The van der Waals surface area contributed by atoms with E-state index in [1.165, 1.54) is 24.3 Å². The third-order valence-electron chi connectivity index (χ3n) is 8.50. The molecule has 0 amide bonds. The fraction of sp³-hybridized carbons (Fsp3) is 0.485. The van der Waals surface area contributed by atoms with E-state index in [0.717, 1.165) is 19.1 Å². The number of esters is 1. The smallest absolute Gasteiger partial charge is 0.308 e. The molecular formula is C33H38O20. The average Bonchev–Trinajstić information content (AvgIpc) is 3.08. The second-order valence-electron chi connectivity index (χ2n) is 12.8. The van der Waals surface area contributed by atoms with Crippen LogP contribution in [0.3, 0.4) is 0 Å². The number of carboxylic acid groups (broad SMARTS) is 1. The number of aliphatic hydroxyl groups excluding tert-OH is 7. The fourth-order valence-corrected chi connectivity index (χ4v) is 5.73. The van der Waals surface area contributed by atoms with Crippen LogP contribution in [0.2, 0.25) is 0 Å². The molecule has 2 aliphatic rings. The van der Waals surface area contributed by atoms with Crippen molar-refractivity contribution in [2.45, 2.75) is 86.8 Å². The summed E-state index contributed by atoms with van der Waals surface area (Å²) in [6.07, 6.45) is -19.4. The second-order valence-corrected chi connectivity index (χ2v) is 12.8. The minimum Gasteiger partial charge on any atom is -0.508 e. The summed E-state index contributed by atoms with van der Waals surface area (Å²) in [4.78, 5) is 37.3. The molecule has 11 N–H and O–H groups in total. The van der Waals surface area contributed by atoms with E-state index < -0.39 is 127 Å². The predicted molar refractivity (Wildman–Crippen MR) is 171 cm³/mol. The van der Waals surface area contributed by atoms with E-state index in [1.54, 1.807) is 0 Å². The maximum Gasteiger partial charge on any atom is 0.308 e. The number of carboxylic acids is 1. The largest absolute Gasteiger partial charge is 0.508 e. The van der Waals surface area contributed by atoms with Crippen molar-refractivity contribution in [3.8, 4) is 34.3 Å². The van der Waals surface area contributed by atoms with E-state index in [-0.39, 0.29) is 28.4 Å². The Morgan fingerprint density at radius 1 is 0.811 bits per heavy atom. The van der Waals surface area contributed by atoms with Gasteiger partial charge in [-0.05, 0) is 31.2 Å². The zero-order valence-corrected chi connectivity index (χ0v) is 27.7. The first-order chi connectivity index (χ1) is 24.9. The molecule has 0 bridgehead atoms. The first-order valence-corrected chi connectivity index (χ1v) is 16.0. The molecule has 2 aromatic carbocycles. The summed E-state index contributed by atoms with van der Waals surface area (Å²) in [7, 11) is 0. The molecule has 2 saturated heterocycles. The number of carbonyl (C=O) groups is 2. The van der Waals surface area contributed by atoms with Crippen LogP contribution in [-0.4, -0.2) is 148 Å². The Bertz CT molecular complexity index is 1840. The van der Waals surface area contributed by atoms with Crippen LogP contribution in [0.15, 0.2) is 45.6 Å². The number of rotatable bonds is 12. The van der Waals surface area contributed by atoms with Gasteiger partial charge in [0, 0.05) is 17.7 Å². The minimum absolute atomic E-state index is 0.0846. The second kappa shape index (κ2) is 15.8. The van der Waals surface area contributed by atoms with Gasteiger partial charge < -0.3 is 84.3 Å². The third kappa shape index (κ3) is 8.63. The average molecular weight is 755 g/mol. The van der Waals surface area contributed by atoms with Crippen LogP contribution in [0.5, 0.6) is 23.0 Å². The van der Waals surface area contributed by atoms with E-state index >= 15 is 0 Å². The lowest BCUT2D eigenvalue weighted by Gasteiger charge is -2.40. The van der Waals surface area contributed by atoms with Crippen molar-refractivity contribution >= 4 is 22.9 Å². The lowest BCUT2D eigenvalue weighted by molar-refractivity contribution is -0.278. The van der Waals surface area contributed by atoms with Gasteiger partial charge in [-0.25, -0.2) is 0 Å². The highest BCUT2D eigenvalue weighted by Crippen LogP contribution is 2.38. The van der Waals surface area contributed by atoms with Gasteiger partial charge in [0.1, 0.15) is 83.7 Å². The van der Waals surface area contributed by atoms with Gasteiger partial charge in [0.05, 0.1) is 25.0 Å². The van der Waals surface area contributed by atoms with Gasteiger partial charge in [0.2, 0.25) is 23.8 Å². The topological polar surface area (TPSA) is 333 Å². The van der Waals surface area contributed by atoms with Gasteiger partial charge in [0.25, 0.3) is 0 Å². The molecule has 20 heteroatoms. The number of carbonyl (C=O) groups excluding carboxylic acids is 1. The molecule has 2 fully saturated rings. The van der Waals surface area contributed by atoms with E-state index in [2.05, 4.69) is 0 Å². The maximum absolute atomic E-state index is 14.0. The Labute approximate surface area is 297 Å². The molecule has 1 aromatic heterocycles. The molecule has 0 aliphatic carbocycles. The normalized spacial score (nSPS) is 30.0. The molecule has 0 saturated carbocycles. The van der Waals surface area contributed by atoms with E-state index in [4.69, 9.17) is 33.2 Å². The van der Waals surface area contributed by atoms with Gasteiger partial charge in [-0.2, -0.15) is 0 Å². The van der Waals surface area contributed by atoms with Crippen molar-refractivity contribution in [2.75, 3.05) is 13.2 Å². The van der Waals surface area contributed by atoms with Crippen LogP contribution in [-0.2, 0) is 23.8 Å². The Balaban J connectivity index is 1.46. The molecule has 3 aromatic rings. The first-order valence-electron chi connectivity index (χ1n) is 16.0. The SMILES string of the molecule is CC(O)(CC(=O)O)CC(=O)OCC1O[C@@H](Oc2c(-c3ccc(O)cc3)oc3cc(O[C@@H]4OC(CO)[C@@H](O)[C@H](O)C4O)cc(O)c3c2=O)C(O)C(O)[C@@H]1O. The maximum atomic E-state index is 14.0. The van der Waals surface area contributed by atoms with Gasteiger partial charge in [-0.15, -0.1) is 0 Å². The number of hydrogen-bond donors (Lipinski definition) is 11. The first kappa shape index (κ1) is 39.6. The summed E-state index contributed by atoms with van der Waals surface area (Å²) in [5, 5.41) is 111. The molecule has 53 heavy (non-hydrogen) atoms. The van der Waals surface area contributed by atoms with Crippen molar-refractivity contribution < 1.29 is 93.9 Å². The predicted octanol–water partition coefficient (Wildman–Crippen LogP) is -2.60. The van der Waals surface area contributed by atoms with Crippen molar-refractivity contribution in [3.05, 3.63) is 46.6 Å².